The molecule has 0 fully saturated rings. The number of amides is 1. The fraction of sp³-hybridized carbons (Fsp3) is 0.833. The number of hydrogen-bond acceptors (Lipinski definition) is 2. The van der Waals surface area contributed by atoms with Gasteiger partial charge < -0.3 is 10.0 Å². The molecule has 1 N–H and O–H groups in total. The molecule has 1 amide bonds. The number of carboxylic acid groups (broad SMARTS) is 1. The van der Waals surface area contributed by atoms with E-state index < -0.39 is 11.9 Å². The number of carboxylic acids is 1. The summed E-state index contributed by atoms with van der Waals surface area (Å²) in [7, 11) is 0. The van der Waals surface area contributed by atoms with Crippen LogP contribution in [0.25, 0.3) is 0 Å². The molecule has 0 heterocycles. The molecule has 0 saturated heterocycles. The summed E-state index contributed by atoms with van der Waals surface area (Å²) in [6, 6.07) is 0. The van der Waals surface area contributed by atoms with Gasteiger partial charge in [0.15, 0.2) is 0 Å². The van der Waals surface area contributed by atoms with E-state index in [9.17, 15) is 9.59 Å². The second-order valence-corrected chi connectivity index (χ2v) is 4.31. The molecule has 0 aliphatic carbocycles. The summed E-state index contributed by atoms with van der Waals surface area (Å²) in [6.45, 7) is 8.33. The highest BCUT2D eigenvalue weighted by Crippen LogP contribution is 2.11. The molecule has 0 bridgehead atoms. The third-order valence-corrected chi connectivity index (χ3v) is 2.75. The lowest BCUT2D eigenvalue weighted by atomic mass is 10.0. The highest BCUT2D eigenvalue weighted by atomic mass is 16.4. The highest BCUT2D eigenvalue weighted by Gasteiger charge is 2.22. The van der Waals surface area contributed by atoms with Crippen LogP contribution < -0.4 is 0 Å². The first-order valence-corrected chi connectivity index (χ1v) is 5.95. The minimum absolute atomic E-state index is 0.00838. The van der Waals surface area contributed by atoms with Crippen molar-refractivity contribution in [3.63, 3.8) is 0 Å². The average molecular weight is 229 g/mol. The van der Waals surface area contributed by atoms with E-state index in [1.54, 1.807) is 11.8 Å². The Labute approximate surface area is 97.6 Å². The first kappa shape index (κ1) is 14.9. The lowest BCUT2D eigenvalue weighted by Gasteiger charge is -2.25. The number of rotatable bonds is 7. The average Bonchev–Trinajstić information content (AvgIpc) is 2.24. The van der Waals surface area contributed by atoms with Crippen LogP contribution in [0.4, 0.5) is 0 Å². The number of hydrogen-bond donors (Lipinski definition) is 1. The van der Waals surface area contributed by atoms with E-state index in [4.69, 9.17) is 5.11 Å². The Balaban J connectivity index is 4.37. The SMILES string of the molecule is CCCC(C)C(=O)N(CC)CC(C)C(=O)O. The zero-order valence-corrected chi connectivity index (χ0v) is 10.7. The van der Waals surface area contributed by atoms with Gasteiger partial charge in [-0.15, -0.1) is 0 Å². The summed E-state index contributed by atoms with van der Waals surface area (Å²) in [4.78, 5) is 24.3. The zero-order valence-electron chi connectivity index (χ0n) is 10.7. The number of nitrogens with zero attached hydrogens (tertiary/aromatic N) is 1. The van der Waals surface area contributed by atoms with Gasteiger partial charge in [-0.25, -0.2) is 0 Å². The third kappa shape index (κ3) is 4.64. The van der Waals surface area contributed by atoms with E-state index in [1.807, 2.05) is 20.8 Å². The van der Waals surface area contributed by atoms with E-state index in [0.29, 0.717) is 13.1 Å². The van der Waals surface area contributed by atoms with Gasteiger partial charge in [-0.1, -0.05) is 27.2 Å². The number of aliphatic carboxylic acids is 1. The van der Waals surface area contributed by atoms with Crippen molar-refractivity contribution in [2.24, 2.45) is 11.8 Å². The first-order valence-electron chi connectivity index (χ1n) is 5.95. The maximum atomic E-state index is 12.0. The van der Waals surface area contributed by atoms with E-state index in [-0.39, 0.29) is 11.8 Å². The van der Waals surface area contributed by atoms with Crippen LogP contribution in [0, 0.1) is 11.8 Å². The normalized spacial score (nSPS) is 14.2. The molecule has 0 aliphatic rings. The van der Waals surface area contributed by atoms with Gasteiger partial charge in [-0.2, -0.15) is 0 Å². The maximum absolute atomic E-state index is 12.0. The number of carbonyl (C=O) groups excluding carboxylic acids is 1. The van der Waals surface area contributed by atoms with Gasteiger partial charge in [0.25, 0.3) is 0 Å². The van der Waals surface area contributed by atoms with Gasteiger partial charge in [0.1, 0.15) is 0 Å². The van der Waals surface area contributed by atoms with Crippen molar-refractivity contribution in [3.8, 4) is 0 Å². The Morgan fingerprint density at radius 1 is 1.19 bits per heavy atom. The maximum Gasteiger partial charge on any atom is 0.308 e. The van der Waals surface area contributed by atoms with Crippen molar-refractivity contribution in [1.82, 2.24) is 4.90 Å². The summed E-state index contributed by atoms with van der Waals surface area (Å²) in [6.07, 6.45) is 1.83. The topological polar surface area (TPSA) is 57.6 Å². The Morgan fingerprint density at radius 3 is 2.12 bits per heavy atom. The summed E-state index contributed by atoms with van der Waals surface area (Å²) in [5, 5.41) is 8.81. The van der Waals surface area contributed by atoms with Crippen LogP contribution in [0.15, 0.2) is 0 Å². The minimum Gasteiger partial charge on any atom is -0.481 e. The van der Waals surface area contributed by atoms with Gasteiger partial charge in [0, 0.05) is 19.0 Å². The smallest absolute Gasteiger partial charge is 0.308 e. The predicted octanol–water partition coefficient (Wildman–Crippen LogP) is 1.99. The molecule has 0 aliphatic heterocycles. The molecular formula is C12H23NO3. The van der Waals surface area contributed by atoms with E-state index in [2.05, 4.69) is 0 Å². The van der Waals surface area contributed by atoms with Crippen LogP contribution in [-0.2, 0) is 9.59 Å². The van der Waals surface area contributed by atoms with Crippen LogP contribution in [0.1, 0.15) is 40.5 Å². The lowest BCUT2D eigenvalue weighted by molar-refractivity contribution is -0.143. The van der Waals surface area contributed by atoms with Crippen LogP contribution in [0.3, 0.4) is 0 Å². The van der Waals surface area contributed by atoms with Crippen LogP contribution in [-0.4, -0.2) is 35.0 Å². The van der Waals surface area contributed by atoms with E-state index in [1.165, 1.54) is 0 Å². The van der Waals surface area contributed by atoms with Crippen molar-refractivity contribution < 1.29 is 14.7 Å². The first-order chi connectivity index (χ1) is 7.43. The predicted molar refractivity (Wildman–Crippen MR) is 63.1 cm³/mol. The van der Waals surface area contributed by atoms with Crippen molar-refractivity contribution in [2.75, 3.05) is 13.1 Å². The Kier molecular flexibility index (Phi) is 6.77. The molecule has 2 unspecified atom stereocenters. The summed E-state index contributed by atoms with van der Waals surface area (Å²) in [5.41, 5.74) is 0. The fourth-order valence-electron chi connectivity index (χ4n) is 1.65. The highest BCUT2D eigenvalue weighted by molar-refractivity contribution is 5.79. The molecule has 0 spiro atoms. The van der Waals surface area contributed by atoms with Gasteiger partial charge in [0.2, 0.25) is 5.91 Å². The van der Waals surface area contributed by atoms with Gasteiger partial charge in [-0.3, -0.25) is 9.59 Å². The Bertz CT molecular complexity index is 240. The molecule has 94 valence electrons. The van der Waals surface area contributed by atoms with Crippen LogP contribution in [0.5, 0.6) is 0 Å². The van der Waals surface area contributed by atoms with Crippen LogP contribution in [0.2, 0.25) is 0 Å². The molecule has 4 nitrogen and oxygen atoms in total. The largest absolute Gasteiger partial charge is 0.481 e. The molecule has 0 aromatic heterocycles. The Hall–Kier alpha value is -1.06. The van der Waals surface area contributed by atoms with Gasteiger partial charge in [-0.05, 0) is 13.3 Å². The monoisotopic (exact) mass is 229 g/mol. The van der Waals surface area contributed by atoms with Gasteiger partial charge >= 0.3 is 5.97 Å². The third-order valence-electron chi connectivity index (χ3n) is 2.75. The molecule has 4 heteroatoms. The fourth-order valence-corrected chi connectivity index (χ4v) is 1.65. The standard InChI is InChI=1S/C12H23NO3/c1-5-7-9(3)11(14)13(6-2)8-10(4)12(15)16/h9-10H,5-8H2,1-4H3,(H,15,16). The zero-order chi connectivity index (χ0) is 12.7. The summed E-state index contributed by atoms with van der Waals surface area (Å²) >= 11 is 0. The molecule has 0 aromatic rings. The van der Waals surface area contributed by atoms with Gasteiger partial charge in [0.05, 0.1) is 5.92 Å². The summed E-state index contributed by atoms with van der Waals surface area (Å²) in [5.74, 6) is -1.30. The van der Waals surface area contributed by atoms with Crippen molar-refractivity contribution >= 4 is 11.9 Å². The molecule has 0 aromatic carbocycles. The Morgan fingerprint density at radius 2 is 1.75 bits per heavy atom. The van der Waals surface area contributed by atoms with Crippen molar-refractivity contribution in [2.45, 2.75) is 40.5 Å². The summed E-state index contributed by atoms with van der Waals surface area (Å²) < 4.78 is 0. The van der Waals surface area contributed by atoms with Crippen molar-refractivity contribution in [1.29, 1.82) is 0 Å². The van der Waals surface area contributed by atoms with E-state index in [0.717, 1.165) is 12.8 Å². The molecule has 2 atom stereocenters. The quantitative estimate of drug-likeness (QED) is 0.726. The molecule has 0 radical (unpaired) electrons. The second-order valence-electron chi connectivity index (χ2n) is 4.31. The van der Waals surface area contributed by atoms with Crippen LogP contribution >= 0.6 is 0 Å². The lowest BCUT2D eigenvalue weighted by Crippen LogP contribution is -2.39. The number of carbonyl (C=O) groups is 2. The molecule has 16 heavy (non-hydrogen) atoms. The van der Waals surface area contributed by atoms with Crippen molar-refractivity contribution in [3.05, 3.63) is 0 Å². The van der Waals surface area contributed by atoms with E-state index >= 15 is 0 Å². The second kappa shape index (κ2) is 7.25. The molecular weight excluding hydrogens is 206 g/mol. The molecule has 0 rings (SSSR count). The minimum atomic E-state index is -0.852. The molecule has 0 saturated carbocycles.